The second kappa shape index (κ2) is 6.36. The Hall–Kier alpha value is -0.610. The average Bonchev–Trinajstić information content (AvgIpc) is 2.38. The van der Waals surface area contributed by atoms with Crippen molar-refractivity contribution in [1.82, 2.24) is 4.90 Å². The minimum atomic E-state index is -0.659. The number of carbonyl (C=O) groups is 1. The van der Waals surface area contributed by atoms with E-state index < -0.39 is 5.97 Å². The van der Waals surface area contributed by atoms with Crippen molar-refractivity contribution in [3.8, 4) is 0 Å². The molecule has 2 aliphatic rings. The van der Waals surface area contributed by atoms with E-state index in [4.69, 9.17) is 9.84 Å². The smallest absolute Gasteiger partial charge is 0.303 e. The van der Waals surface area contributed by atoms with Crippen molar-refractivity contribution in [3.05, 3.63) is 0 Å². The molecule has 0 saturated carbocycles. The summed E-state index contributed by atoms with van der Waals surface area (Å²) in [7, 11) is 0. The molecule has 0 aliphatic carbocycles. The molecule has 2 saturated heterocycles. The van der Waals surface area contributed by atoms with E-state index in [9.17, 15) is 4.79 Å². The molecule has 0 bridgehead atoms. The van der Waals surface area contributed by atoms with E-state index in [1.807, 2.05) is 0 Å². The van der Waals surface area contributed by atoms with Gasteiger partial charge in [-0.25, -0.2) is 0 Å². The highest BCUT2D eigenvalue weighted by Gasteiger charge is 2.26. The first-order valence-corrected chi connectivity index (χ1v) is 6.79. The van der Waals surface area contributed by atoms with Crippen molar-refractivity contribution in [3.63, 3.8) is 0 Å². The third-order valence-electron chi connectivity index (χ3n) is 4.07. The third kappa shape index (κ3) is 3.96. The Balaban J connectivity index is 1.68. The quantitative estimate of drug-likeness (QED) is 0.814. The topological polar surface area (TPSA) is 49.8 Å². The molecule has 1 N–H and O–H groups in total. The maximum atomic E-state index is 10.5. The van der Waals surface area contributed by atoms with Crippen molar-refractivity contribution in [2.24, 2.45) is 5.92 Å². The first kappa shape index (κ1) is 12.8. The van der Waals surface area contributed by atoms with Gasteiger partial charge in [0.1, 0.15) is 0 Å². The van der Waals surface area contributed by atoms with Crippen LogP contribution in [-0.2, 0) is 9.53 Å². The zero-order valence-electron chi connectivity index (χ0n) is 10.4. The maximum absolute atomic E-state index is 10.5. The van der Waals surface area contributed by atoms with Gasteiger partial charge in [-0.05, 0) is 51.1 Å². The summed E-state index contributed by atoms with van der Waals surface area (Å²) in [5.41, 5.74) is 0. The zero-order valence-corrected chi connectivity index (χ0v) is 10.4. The third-order valence-corrected chi connectivity index (χ3v) is 4.07. The average molecular weight is 241 g/mol. The summed E-state index contributed by atoms with van der Waals surface area (Å²) in [6, 6.07) is 0.615. The Kier molecular flexibility index (Phi) is 4.80. The van der Waals surface area contributed by atoms with E-state index in [0.29, 0.717) is 18.4 Å². The van der Waals surface area contributed by atoms with Crippen LogP contribution in [0.15, 0.2) is 0 Å². The van der Waals surface area contributed by atoms with Crippen molar-refractivity contribution in [2.75, 3.05) is 26.3 Å². The molecule has 17 heavy (non-hydrogen) atoms. The van der Waals surface area contributed by atoms with Crippen LogP contribution in [0.1, 0.15) is 38.5 Å². The first-order valence-electron chi connectivity index (χ1n) is 6.79. The minimum Gasteiger partial charge on any atom is -0.481 e. The molecule has 2 fully saturated rings. The molecule has 0 spiro atoms. The normalized spacial score (nSPS) is 28.1. The molecular formula is C13H23NO3. The Morgan fingerprint density at radius 3 is 2.65 bits per heavy atom. The Labute approximate surface area is 103 Å². The predicted octanol–water partition coefficient (Wildman–Crippen LogP) is 1.74. The number of carboxylic acids is 1. The van der Waals surface area contributed by atoms with E-state index >= 15 is 0 Å². The molecule has 2 aliphatic heterocycles. The predicted molar refractivity (Wildman–Crippen MR) is 65.0 cm³/mol. The van der Waals surface area contributed by atoms with Gasteiger partial charge >= 0.3 is 5.97 Å². The number of hydrogen-bond acceptors (Lipinski definition) is 3. The van der Waals surface area contributed by atoms with E-state index in [1.165, 1.54) is 12.8 Å². The van der Waals surface area contributed by atoms with Gasteiger partial charge in [0.2, 0.25) is 0 Å². The molecule has 4 nitrogen and oxygen atoms in total. The van der Waals surface area contributed by atoms with Gasteiger partial charge in [-0.15, -0.1) is 0 Å². The molecule has 0 radical (unpaired) electrons. The van der Waals surface area contributed by atoms with Crippen LogP contribution in [-0.4, -0.2) is 48.3 Å². The highest BCUT2D eigenvalue weighted by Crippen LogP contribution is 2.25. The molecule has 1 unspecified atom stereocenters. The van der Waals surface area contributed by atoms with Crippen LogP contribution in [0.4, 0.5) is 0 Å². The van der Waals surface area contributed by atoms with Gasteiger partial charge in [0.25, 0.3) is 0 Å². The lowest BCUT2D eigenvalue weighted by Crippen LogP contribution is -2.45. The number of carboxylic acid groups (broad SMARTS) is 1. The van der Waals surface area contributed by atoms with Crippen molar-refractivity contribution >= 4 is 5.97 Å². The molecule has 0 aromatic rings. The Morgan fingerprint density at radius 1 is 1.29 bits per heavy atom. The summed E-state index contributed by atoms with van der Waals surface area (Å²) in [6.07, 6.45) is 5.94. The van der Waals surface area contributed by atoms with Crippen molar-refractivity contribution in [1.29, 1.82) is 0 Å². The largest absolute Gasteiger partial charge is 0.481 e. The summed E-state index contributed by atoms with van der Waals surface area (Å²) in [6.45, 7) is 4.06. The number of ether oxygens (including phenoxy) is 1. The fourth-order valence-corrected chi connectivity index (χ4v) is 2.95. The number of hydrogen-bond donors (Lipinski definition) is 1. The second-order valence-corrected chi connectivity index (χ2v) is 5.28. The summed E-state index contributed by atoms with van der Waals surface area (Å²) >= 11 is 0. The van der Waals surface area contributed by atoms with Crippen molar-refractivity contribution in [2.45, 2.75) is 44.6 Å². The highest BCUT2D eigenvalue weighted by molar-refractivity contribution is 5.66. The van der Waals surface area contributed by atoms with Crippen LogP contribution in [0, 0.1) is 5.92 Å². The summed E-state index contributed by atoms with van der Waals surface area (Å²) in [5, 5.41) is 8.67. The molecule has 1 atom stereocenters. The molecule has 2 heterocycles. The number of aliphatic carboxylic acids is 1. The van der Waals surface area contributed by atoms with Gasteiger partial charge in [-0.1, -0.05) is 0 Å². The van der Waals surface area contributed by atoms with Crippen LogP contribution in [0.3, 0.4) is 0 Å². The SMILES string of the molecule is O=C(O)CCC1CCN(C2CCCOC2)CC1. The van der Waals surface area contributed by atoms with Crippen LogP contribution in [0.5, 0.6) is 0 Å². The van der Waals surface area contributed by atoms with Crippen LogP contribution in [0.2, 0.25) is 0 Å². The summed E-state index contributed by atoms with van der Waals surface area (Å²) in [5.74, 6) is -0.0417. The number of rotatable bonds is 4. The lowest BCUT2D eigenvalue weighted by Gasteiger charge is -2.39. The zero-order chi connectivity index (χ0) is 12.1. The van der Waals surface area contributed by atoms with Gasteiger partial charge in [0.15, 0.2) is 0 Å². The van der Waals surface area contributed by atoms with Gasteiger partial charge in [0, 0.05) is 19.1 Å². The second-order valence-electron chi connectivity index (χ2n) is 5.28. The fourth-order valence-electron chi connectivity index (χ4n) is 2.95. The van der Waals surface area contributed by atoms with Gasteiger partial charge in [-0.3, -0.25) is 9.69 Å². The molecule has 0 amide bonds. The van der Waals surface area contributed by atoms with E-state index in [2.05, 4.69) is 4.90 Å². The Morgan fingerprint density at radius 2 is 2.06 bits per heavy atom. The van der Waals surface area contributed by atoms with Gasteiger partial charge in [-0.2, -0.15) is 0 Å². The van der Waals surface area contributed by atoms with Gasteiger partial charge in [0.05, 0.1) is 6.61 Å². The van der Waals surface area contributed by atoms with Crippen LogP contribution >= 0.6 is 0 Å². The number of likely N-dealkylation sites (tertiary alicyclic amines) is 1. The Bertz CT molecular complexity index is 243. The molecule has 4 heteroatoms. The van der Waals surface area contributed by atoms with Crippen molar-refractivity contribution < 1.29 is 14.6 Å². The van der Waals surface area contributed by atoms with Gasteiger partial charge < -0.3 is 9.84 Å². The molecule has 0 aromatic heterocycles. The van der Waals surface area contributed by atoms with Crippen LogP contribution in [0.25, 0.3) is 0 Å². The standard InChI is InChI=1S/C13H23NO3/c15-13(16)4-3-11-5-7-14(8-6-11)12-2-1-9-17-10-12/h11-12H,1-10H2,(H,15,16). The molecular weight excluding hydrogens is 218 g/mol. The number of nitrogens with zero attached hydrogens (tertiary/aromatic N) is 1. The lowest BCUT2D eigenvalue weighted by atomic mass is 9.91. The van der Waals surface area contributed by atoms with E-state index in [0.717, 1.165) is 45.6 Å². The minimum absolute atomic E-state index is 0.331. The maximum Gasteiger partial charge on any atom is 0.303 e. The summed E-state index contributed by atoms with van der Waals surface area (Å²) in [4.78, 5) is 13.1. The molecule has 0 aromatic carbocycles. The molecule has 2 rings (SSSR count). The monoisotopic (exact) mass is 241 g/mol. The molecule has 98 valence electrons. The van der Waals surface area contributed by atoms with Crippen LogP contribution < -0.4 is 0 Å². The van der Waals surface area contributed by atoms with E-state index in [-0.39, 0.29) is 0 Å². The summed E-state index contributed by atoms with van der Waals surface area (Å²) < 4.78 is 5.52. The highest BCUT2D eigenvalue weighted by atomic mass is 16.5. The lowest BCUT2D eigenvalue weighted by molar-refractivity contribution is -0.137. The van der Waals surface area contributed by atoms with E-state index in [1.54, 1.807) is 0 Å². The number of piperidine rings is 1. The first-order chi connectivity index (χ1) is 8.25. The fraction of sp³-hybridized carbons (Fsp3) is 0.923.